The third kappa shape index (κ3) is 4.56. The topological polar surface area (TPSA) is 58.2 Å². The molecule has 0 aliphatic carbocycles. The Morgan fingerprint density at radius 1 is 1.26 bits per heavy atom. The number of aryl methyl sites for hydroxylation is 1. The van der Waals surface area contributed by atoms with Crippen molar-refractivity contribution in [3.8, 4) is 0 Å². The molecule has 0 spiro atoms. The van der Waals surface area contributed by atoms with Crippen LogP contribution in [0.15, 0.2) is 41.3 Å². The van der Waals surface area contributed by atoms with Crippen molar-refractivity contribution in [1.82, 2.24) is 0 Å². The molecule has 0 bridgehead atoms. The molecule has 0 saturated heterocycles. The van der Waals surface area contributed by atoms with Gasteiger partial charge in [0.25, 0.3) is 0 Å². The molecule has 2 N–H and O–H groups in total. The predicted octanol–water partition coefficient (Wildman–Crippen LogP) is 5.11. The first kappa shape index (κ1) is 19.6. The third-order valence-corrected chi connectivity index (χ3v) is 5.64. The largest absolute Gasteiger partial charge is 0.416 e. The van der Waals surface area contributed by atoms with Crippen molar-refractivity contribution in [3.05, 3.63) is 52.5 Å². The molecule has 0 unspecified atom stereocenters. The van der Waals surface area contributed by atoms with Gasteiger partial charge in [-0.1, -0.05) is 17.7 Å². The standard InChI is InChI=1S/C18H14ClF3N2O2S/c1-9-2-4-11(7-12(9)19)23-16(25)8-15-17(26)24-13-6-10(18(20,21)22)3-5-14(13)27-15/h2-7,15H,8H2,1H3,(H,23,25)(H,24,26)/t15-/m0/s1. The summed E-state index contributed by atoms with van der Waals surface area (Å²) in [6.07, 6.45) is -4.61. The normalized spacial score (nSPS) is 16.5. The molecule has 1 heterocycles. The first-order valence-electron chi connectivity index (χ1n) is 7.88. The molecular formula is C18H14ClF3N2O2S. The summed E-state index contributed by atoms with van der Waals surface area (Å²) >= 11 is 7.08. The molecule has 0 fully saturated rings. The van der Waals surface area contributed by atoms with Crippen LogP contribution in [-0.4, -0.2) is 17.1 Å². The van der Waals surface area contributed by atoms with E-state index in [1.54, 1.807) is 18.2 Å². The van der Waals surface area contributed by atoms with E-state index in [2.05, 4.69) is 10.6 Å². The minimum absolute atomic E-state index is 0.0989. The molecule has 142 valence electrons. The summed E-state index contributed by atoms with van der Waals surface area (Å²) in [7, 11) is 0. The second-order valence-corrected chi connectivity index (χ2v) is 7.67. The number of amides is 2. The van der Waals surface area contributed by atoms with Crippen LogP contribution in [0.1, 0.15) is 17.5 Å². The number of carbonyl (C=O) groups excluding carboxylic acids is 2. The van der Waals surface area contributed by atoms with E-state index in [9.17, 15) is 22.8 Å². The highest BCUT2D eigenvalue weighted by Crippen LogP contribution is 2.40. The molecule has 2 aromatic carbocycles. The highest BCUT2D eigenvalue weighted by atomic mass is 35.5. The van der Waals surface area contributed by atoms with Gasteiger partial charge in [0.2, 0.25) is 11.8 Å². The zero-order valence-corrected chi connectivity index (χ0v) is 15.6. The molecule has 0 saturated carbocycles. The number of alkyl halides is 3. The van der Waals surface area contributed by atoms with Crippen LogP contribution in [0, 0.1) is 6.92 Å². The Hall–Kier alpha value is -2.19. The Bertz CT molecular complexity index is 918. The lowest BCUT2D eigenvalue weighted by atomic mass is 10.1. The summed E-state index contributed by atoms with van der Waals surface area (Å²) in [4.78, 5) is 24.9. The number of rotatable bonds is 3. The summed E-state index contributed by atoms with van der Waals surface area (Å²) in [6, 6.07) is 8.21. The summed E-state index contributed by atoms with van der Waals surface area (Å²) in [5.41, 5.74) is 0.634. The lowest BCUT2D eigenvalue weighted by Gasteiger charge is -2.24. The van der Waals surface area contributed by atoms with E-state index in [0.29, 0.717) is 15.6 Å². The van der Waals surface area contributed by atoms with Crippen LogP contribution in [-0.2, 0) is 15.8 Å². The zero-order valence-electron chi connectivity index (χ0n) is 14.0. The van der Waals surface area contributed by atoms with Crippen molar-refractivity contribution >= 4 is 46.6 Å². The van der Waals surface area contributed by atoms with E-state index in [1.807, 2.05) is 6.92 Å². The fourth-order valence-electron chi connectivity index (χ4n) is 2.51. The third-order valence-electron chi connectivity index (χ3n) is 3.95. The molecule has 1 aliphatic rings. The number of hydrogen-bond acceptors (Lipinski definition) is 3. The van der Waals surface area contributed by atoms with Gasteiger partial charge in [0, 0.05) is 22.0 Å². The number of halogens is 4. The Balaban J connectivity index is 1.69. The van der Waals surface area contributed by atoms with Crippen molar-refractivity contribution in [2.75, 3.05) is 10.6 Å². The fraction of sp³-hybridized carbons (Fsp3) is 0.222. The number of benzene rings is 2. The maximum Gasteiger partial charge on any atom is 0.416 e. The van der Waals surface area contributed by atoms with Gasteiger partial charge in [-0.3, -0.25) is 9.59 Å². The van der Waals surface area contributed by atoms with Gasteiger partial charge in [0.05, 0.1) is 16.5 Å². The molecule has 1 atom stereocenters. The van der Waals surface area contributed by atoms with E-state index in [0.717, 1.165) is 29.5 Å². The van der Waals surface area contributed by atoms with Gasteiger partial charge in [0.1, 0.15) is 0 Å². The average molecular weight is 415 g/mol. The van der Waals surface area contributed by atoms with E-state index in [4.69, 9.17) is 11.6 Å². The lowest BCUT2D eigenvalue weighted by molar-refractivity contribution is -0.137. The molecule has 2 aromatic rings. The minimum Gasteiger partial charge on any atom is -0.326 e. The molecule has 3 rings (SSSR count). The fourth-order valence-corrected chi connectivity index (χ4v) is 3.78. The van der Waals surface area contributed by atoms with E-state index >= 15 is 0 Å². The molecule has 0 aromatic heterocycles. The van der Waals surface area contributed by atoms with Gasteiger partial charge in [-0.15, -0.1) is 11.8 Å². The first-order valence-corrected chi connectivity index (χ1v) is 9.14. The lowest BCUT2D eigenvalue weighted by Crippen LogP contribution is -2.32. The smallest absolute Gasteiger partial charge is 0.326 e. The van der Waals surface area contributed by atoms with Crippen LogP contribution in [0.5, 0.6) is 0 Å². The van der Waals surface area contributed by atoms with Crippen LogP contribution in [0.3, 0.4) is 0 Å². The average Bonchev–Trinajstić information content (AvgIpc) is 2.57. The van der Waals surface area contributed by atoms with Gasteiger partial charge in [-0.05, 0) is 42.8 Å². The van der Waals surface area contributed by atoms with E-state index < -0.39 is 28.8 Å². The van der Waals surface area contributed by atoms with Crippen LogP contribution in [0.4, 0.5) is 24.5 Å². The molecule has 0 radical (unpaired) electrons. The number of hydrogen-bond donors (Lipinski definition) is 2. The van der Waals surface area contributed by atoms with E-state index in [-0.39, 0.29) is 12.1 Å². The van der Waals surface area contributed by atoms with Gasteiger partial charge < -0.3 is 10.6 Å². The number of nitrogens with one attached hydrogen (secondary N) is 2. The number of carbonyl (C=O) groups is 2. The maximum absolute atomic E-state index is 12.8. The van der Waals surface area contributed by atoms with Crippen LogP contribution >= 0.6 is 23.4 Å². The van der Waals surface area contributed by atoms with Gasteiger partial charge in [-0.25, -0.2) is 0 Å². The Labute approximate surface area is 162 Å². The predicted molar refractivity (Wildman–Crippen MR) is 99.2 cm³/mol. The second-order valence-electron chi connectivity index (χ2n) is 6.02. The summed E-state index contributed by atoms with van der Waals surface area (Å²) in [5, 5.41) is 4.88. The highest BCUT2D eigenvalue weighted by molar-refractivity contribution is 8.01. The van der Waals surface area contributed by atoms with Gasteiger partial charge in [0.15, 0.2) is 0 Å². The number of thioether (sulfide) groups is 1. The molecule has 9 heteroatoms. The maximum atomic E-state index is 12.8. The van der Waals surface area contributed by atoms with Crippen molar-refractivity contribution in [1.29, 1.82) is 0 Å². The van der Waals surface area contributed by atoms with Crippen LogP contribution < -0.4 is 10.6 Å². The van der Waals surface area contributed by atoms with Crippen molar-refractivity contribution in [2.24, 2.45) is 0 Å². The number of anilines is 2. The van der Waals surface area contributed by atoms with Crippen molar-refractivity contribution in [2.45, 2.75) is 29.7 Å². The zero-order chi connectivity index (χ0) is 19.8. The highest BCUT2D eigenvalue weighted by Gasteiger charge is 2.34. The molecule has 1 aliphatic heterocycles. The van der Waals surface area contributed by atoms with Gasteiger partial charge in [-0.2, -0.15) is 13.2 Å². The molecule has 2 amide bonds. The summed E-state index contributed by atoms with van der Waals surface area (Å²) in [5.74, 6) is -0.901. The van der Waals surface area contributed by atoms with Crippen molar-refractivity contribution in [3.63, 3.8) is 0 Å². The SMILES string of the molecule is Cc1ccc(NC(=O)C[C@@H]2Sc3ccc(C(F)(F)F)cc3NC2=O)cc1Cl. The second kappa shape index (κ2) is 7.44. The Morgan fingerprint density at radius 2 is 2.00 bits per heavy atom. The summed E-state index contributed by atoms with van der Waals surface area (Å²) < 4.78 is 38.3. The van der Waals surface area contributed by atoms with Gasteiger partial charge >= 0.3 is 6.18 Å². The Morgan fingerprint density at radius 3 is 2.67 bits per heavy atom. The summed E-state index contributed by atoms with van der Waals surface area (Å²) in [6.45, 7) is 1.83. The van der Waals surface area contributed by atoms with Crippen molar-refractivity contribution < 1.29 is 22.8 Å². The molecule has 4 nitrogen and oxygen atoms in total. The monoisotopic (exact) mass is 414 g/mol. The van der Waals surface area contributed by atoms with Crippen LogP contribution in [0.2, 0.25) is 5.02 Å². The van der Waals surface area contributed by atoms with E-state index in [1.165, 1.54) is 6.07 Å². The minimum atomic E-state index is -4.49. The molecule has 27 heavy (non-hydrogen) atoms. The quantitative estimate of drug-likeness (QED) is 0.733. The first-order chi connectivity index (χ1) is 12.6. The number of fused-ring (bicyclic) bond motifs is 1. The molecular weight excluding hydrogens is 401 g/mol. The van der Waals surface area contributed by atoms with Crippen LogP contribution in [0.25, 0.3) is 0 Å². The Kier molecular flexibility index (Phi) is 5.39.